The largest absolute Gasteiger partial charge is 0.347 e. The zero-order valence-electron chi connectivity index (χ0n) is 10.7. The second-order valence-corrected chi connectivity index (χ2v) is 5.45. The number of nitrogens with zero attached hydrogens (tertiary/aromatic N) is 1. The van der Waals surface area contributed by atoms with Crippen LogP contribution >= 0.6 is 15.9 Å². The molecule has 1 aromatic rings. The van der Waals surface area contributed by atoms with Crippen molar-refractivity contribution in [3.8, 4) is 0 Å². The number of hydrogen-bond acceptors (Lipinski definition) is 1. The van der Waals surface area contributed by atoms with Gasteiger partial charge in [-0.25, -0.2) is 0 Å². The molecule has 1 N–H and O–H groups in total. The van der Waals surface area contributed by atoms with Gasteiger partial charge in [0.1, 0.15) is 5.69 Å². The number of aromatic nitrogens is 1. The summed E-state index contributed by atoms with van der Waals surface area (Å²) in [6.07, 6.45) is 3.93. The normalized spacial score (nSPS) is 10.5. The van der Waals surface area contributed by atoms with Crippen LogP contribution in [0.4, 0.5) is 0 Å². The van der Waals surface area contributed by atoms with Gasteiger partial charge in [-0.05, 0) is 49.7 Å². The standard InChI is InChI=1S/C13H19BrN2O/c1-9(2)5-6-15-13(17)12-7-11(14)8-16(12)10(3)4/h5,7-8,10H,6H2,1-4H3,(H,15,17). The molecular formula is C13H19BrN2O. The number of carbonyl (C=O) groups excluding carboxylic acids is 1. The van der Waals surface area contributed by atoms with E-state index in [4.69, 9.17) is 0 Å². The molecule has 1 heterocycles. The number of nitrogens with one attached hydrogen (secondary N) is 1. The highest BCUT2D eigenvalue weighted by molar-refractivity contribution is 9.10. The Bertz CT molecular complexity index is 429. The van der Waals surface area contributed by atoms with Gasteiger partial charge in [-0.15, -0.1) is 0 Å². The molecule has 0 spiro atoms. The molecule has 0 saturated carbocycles. The topological polar surface area (TPSA) is 34.0 Å². The fourth-order valence-electron chi connectivity index (χ4n) is 1.49. The molecular weight excluding hydrogens is 280 g/mol. The minimum absolute atomic E-state index is 0.0399. The van der Waals surface area contributed by atoms with Gasteiger partial charge in [-0.1, -0.05) is 11.6 Å². The molecule has 0 saturated heterocycles. The second kappa shape index (κ2) is 6.05. The first kappa shape index (κ1) is 14.0. The van der Waals surface area contributed by atoms with Crippen LogP contribution in [0.2, 0.25) is 0 Å². The van der Waals surface area contributed by atoms with Gasteiger partial charge in [-0.3, -0.25) is 4.79 Å². The summed E-state index contributed by atoms with van der Waals surface area (Å²) in [5.74, 6) is -0.0399. The van der Waals surface area contributed by atoms with Crippen molar-refractivity contribution in [2.24, 2.45) is 0 Å². The molecule has 4 heteroatoms. The predicted molar refractivity (Wildman–Crippen MR) is 74.3 cm³/mol. The highest BCUT2D eigenvalue weighted by atomic mass is 79.9. The molecule has 17 heavy (non-hydrogen) atoms. The maximum absolute atomic E-state index is 12.0. The molecule has 0 bridgehead atoms. The number of rotatable bonds is 4. The van der Waals surface area contributed by atoms with E-state index in [2.05, 4.69) is 35.1 Å². The Hall–Kier alpha value is -1.03. The van der Waals surface area contributed by atoms with E-state index in [-0.39, 0.29) is 11.9 Å². The van der Waals surface area contributed by atoms with Crippen LogP contribution in [-0.2, 0) is 0 Å². The van der Waals surface area contributed by atoms with Crippen molar-refractivity contribution in [2.45, 2.75) is 33.7 Å². The SMILES string of the molecule is CC(C)=CCNC(=O)c1cc(Br)cn1C(C)C. The van der Waals surface area contributed by atoms with E-state index in [1.54, 1.807) is 0 Å². The summed E-state index contributed by atoms with van der Waals surface area (Å²) < 4.78 is 2.89. The van der Waals surface area contributed by atoms with E-state index in [9.17, 15) is 4.79 Å². The Morgan fingerprint density at radius 1 is 1.53 bits per heavy atom. The van der Waals surface area contributed by atoms with E-state index in [1.807, 2.05) is 36.8 Å². The van der Waals surface area contributed by atoms with Crippen molar-refractivity contribution >= 4 is 21.8 Å². The first-order valence-electron chi connectivity index (χ1n) is 5.70. The van der Waals surface area contributed by atoms with Crippen LogP contribution in [0.3, 0.4) is 0 Å². The summed E-state index contributed by atoms with van der Waals surface area (Å²) >= 11 is 3.40. The van der Waals surface area contributed by atoms with Crippen LogP contribution in [-0.4, -0.2) is 17.0 Å². The molecule has 0 aromatic carbocycles. The summed E-state index contributed by atoms with van der Waals surface area (Å²) in [4.78, 5) is 12.0. The molecule has 3 nitrogen and oxygen atoms in total. The lowest BCUT2D eigenvalue weighted by Gasteiger charge is -2.12. The van der Waals surface area contributed by atoms with E-state index < -0.39 is 0 Å². The minimum atomic E-state index is -0.0399. The highest BCUT2D eigenvalue weighted by Crippen LogP contribution is 2.19. The molecule has 0 aliphatic rings. The van der Waals surface area contributed by atoms with Gasteiger partial charge in [0.05, 0.1) is 0 Å². The van der Waals surface area contributed by atoms with E-state index >= 15 is 0 Å². The Kier molecular flexibility index (Phi) is 5.00. The first-order chi connectivity index (χ1) is 7.91. The summed E-state index contributed by atoms with van der Waals surface area (Å²) in [5.41, 5.74) is 1.89. The van der Waals surface area contributed by atoms with E-state index in [0.717, 1.165) is 4.47 Å². The second-order valence-electron chi connectivity index (χ2n) is 4.54. The first-order valence-corrected chi connectivity index (χ1v) is 6.50. The van der Waals surface area contributed by atoms with Crippen molar-refractivity contribution in [2.75, 3.05) is 6.54 Å². The number of halogens is 1. The monoisotopic (exact) mass is 298 g/mol. The van der Waals surface area contributed by atoms with Crippen molar-refractivity contribution in [3.05, 3.63) is 34.1 Å². The zero-order chi connectivity index (χ0) is 13.0. The van der Waals surface area contributed by atoms with Gasteiger partial charge < -0.3 is 9.88 Å². The summed E-state index contributed by atoms with van der Waals surface area (Å²) in [6, 6.07) is 2.11. The number of carbonyl (C=O) groups is 1. The maximum atomic E-state index is 12.0. The van der Waals surface area contributed by atoms with Crippen molar-refractivity contribution in [1.82, 2.24) is 9.88 Å². The lowest BCUT2D eigenvalue weighted by atomic mass is 10.3. The molecule has 94 valence electrons. The Morgan fingerprint density at radius 3 is 2.71 bits per heavy atom. The smallest absolute Gasteiger partial charge is 0.268 e. The zero-order valence-corrected chi connectivity index (χ0v) is 12.3. The van der Waals surface area contributed by atoms with Gasteiger partial charge in [0.2, 0.25) is 0 Å². The van der Waals surface area contributed by atoms with E-state index in [1.165, 1.54) is 5.57 Å². The number of amides is 1. The Labute approximate surface area is 111 Å². The van der Waals surface area contributed by atoms with Crippen molar-refractivity contribution in [3.63, 3.8) is 0 Å². The lowest BCUT2D eigenvalue weighted by Crippen LogP contribution is -2.26. The third kappa shape index (κ3) is 4.04. The molecule has 0 atom stereocenters. The van der Waals surface area contributed by atoms with Crippen LogP contribution in [0.15, 0.2) is 28.4 Å². The van der Waals surface area contributed by atoms with E-state index in [0.29, 0.717) is 12.2 Å². The number of hydrogen-bond donors (Lipinski definition) is 1. The fraction of sp³-hybridized carbons (Fsp3) is 0.462. The van der Waals surface area contributed by atoms with Gasteiger partial charge in [0, 0.05) is 23.3 Å². The molecule has 0 radical (unpaired) electrons. The average Bonchev–Trinajstić information content (AvgIpc) is 2.59. The minimum Gasteiger partial charge on any atom is -0.347 e. The summed E-state index contributed by atoms with van der Waals surface area (Å²) in [5, 5.41) is 2.88. The Balaban J connectivity index is 2.78. The summed E-state index contributed by atoms with van der Waals surface area (Å²) in [7, 11) is 0. The molecule has 0 aliphatic heterocycles. The Morgan fingerprint density at radius 2 is 2.18 bits per heavy atom. The molecule has 1 amide bonds. The van der Waals surface area contributed by atoms with Crippen LogP contribution < -0.4 is 5.32 Å². The summed E-state index contributed by atoms with van der Waals surface area (Å²) in [6.45, 7) is 8.71. The van der Waals surface area contributed by atoms with Gasteiger partial charge in [0.15, 0.2) is 0 Å². The van der Waals surface area contributed by atoms with Gasteiger partial charge >= 0.3 is 0 Å². The highest BCUT2D eigenvalue weighted by Gasteiger charge is 2.13. The average molecular weight is 299 g/mol. The van der Waals surface area contributed by atoms with Crippen molar-refractivity contribution in [1.29, 1.82) is 0 Å². The third-order valence-electron chi connectivity index (χ3n) is 2.38. The van der Waals surface area contributed by atoms with Crippen LogP contribution in [0.25, 0.3) is 0 Å². The quantitative estimate of drug-likeness (QED) is 0.848. The fourth-order valence-corrected chi connectivity index (χ4v) is 1.93. The molecule has 0 fully saturated rings. The maximum Gasteiger partial charge on any atom is 0.268 e. The van der Waals surface area contributed by atoms with Crippen LogP contribution in [0, 0.1) is 0 Å². The third-order valence-corrected chi connectivity index (χ3v) is 2.81. The molecule has 1 rings (SSSR count). The van der Waals surface area contributed by atoms with Gasteiger partial charge in [-0.2, -0.15) is 0 Å². The lowest BCUT2D eigenvalue weighted by molar-refractivity contribution is 0.0947. The number of allylic oxidation sites excluding steroid dienone is 1. The molecule has 0 unspecified atom stereocenters. The predicted octanol–water partition coefficient (Wildman–Crippen LogP) is 3.53. The molecule has 0 aliphatic carbocycles. The van der Waals surface area contributed by atoms with Crippen LogP contribution in [0.5, 0.6) is 0 Å². The van der Waals surface area contributed by atoms with Gasteiger partial charge in [0.25, 0.3) is 5.91 Å². The van der Waals surface area contributed by atoms with Crippen molar-refractivity contribution < 1.29 is 4.79 Å². The van der Waals surface area contributed by atoms with Crippen LogP contribution in [0.1, 0.15) is 44.2 Å². The molecule has 1 aromatic heterocycles.